The van der Waals surface area contributed by atoms with E-state index in [0.717, 1.165) is 147 Å². The smallest absolute Gasteiger partial charge is 0.257 e. The lowest BCUT2D eigenvalue weighted by molar-refractivity contribution is -0.128. The molecular formula is C99H87FN12O12S3. The van der Waals surface area contributed by atoms with Gasteiger partial charge < -0.3 is 43.6 Å². The molecule has 10 aromatic rings. The molecule has 9 aliphatic rings. The van der Waals surface area contributed by atoms with E-state index >= 15 is 0 Å². The highest BCUT2D eigenvalue weighted by Gasteiger charge is 2.52. The third kappa shape index (κ3) is 18.6. The van der Waals surface area contributed by atoms with Crippen LogP contribution in [0.3, 0.4) is 0 Å². The van der Waals surface area contributed by atoms with Crippen molar-refractivity contribution in [3.8, 4) is 97.7 Å². The molecule has 127 heavy (non-hydrogen) atoms. The summed E-state index contributed by atoms with van der Waals surface area (Å²) in [5, 5.41) is 7.10. The summed E-state index contributed by atoms with van der Waals surface area (Å²) in [6, 6.07) is 63.5. The van der Waals surface area contributed by atoms with Gasteiger partial charge in [-0.1, -0.05) is 133 Å². The number of hydrogen-bond acceptors (Lipinski definition) is 21. The van der Waals surface area contributed by atoms with E-state index in [4.69, 9.17) is 29.2 Å². The average molecular weight is 1750 g/mol. The molecule has 0 unspecified atom stereocenters. The molecule has 0 spiro atoms. The number of benzene rings is 7. The minimum absolute atomic E-state index is 0.0205. The van der Waals surface area contributed by atoms with Gasteiger partial charge in [0.1, 0.15) is 45.2 Å². The van der Waals surface area contributed by atoms with E-state index in [-0.39, 0.29) is 68.6 Å². The van der Waals surface area contributed by atoms with E-state index in [0.29, 0.717) is 58.0 Å². The zero-order chi connectivity index (χ0) is 87.9. The van der Waals surface area contributed by atoms with Crippen LogP contribution in [0.4, 0.5) is 21.8 Å². The number of carbonyl (C=O) groups is 9. The first kappa shape index (κ1) is 85.4. The van der Waals surface area contributed by atoms with Crippen molar-refractivity contribution in [3.63, 3.8) is 0 Å². The number of aromatic nitrogens is 3. The summed E-state index contributed by atoms with van der Waals surface area (Å²) in [6.45, 7) is 6.70. The number of nitrogens with one attached hydrogen (secondary N) is 3. The lowest BCUT2D eigenvalue weighted by Crippen LogP contribution is -2.42. The van der Waals surface area contributed by atoms with Crippen LogP contribution in [0.25, 0.3) is 44.9 Å². The molecule has 0 bridgehead atoms. The summed E-state index contributed by atoms with van der Waals surface area (Å²) >= 11 is 5.90. The number of imide groups is 3. The van der Waals surface area contributed by atoms with E-state index in [1.54, 1.807) is 54.4 Å². The molecule has 3 aromatic heterocycles. The van der Waals surface area contributed by atoms with E-state index in [1.165, 1.54) is 18.1 Å². The maximum atomic E-state index is 14.8. The number of pyridine rings is 3. The fourth-order valence-electron chi connectivity index (χ4n) is 16.8. The molecule has 12 heterocycles. The fourth-order valence-corrected chi connectivity index (χ4v) is 19.6. The second-order valence-electron chi connectivity index (χ2n) is 32.1. The fraction of sp³-hybridized carbons (Fsp3) is 0.273. The van der Waals surface area contributed by atoms with Gasteiger partial charge in [-0.05, 0) is 131 Å². The summed E-state index contributed by atoms with van der Waals surface area (Å²) in [7, 11) is 4.43. The van der Waals surface area contributed by atoms with E-state index in [9.17, 15) is 47.5 Å². The first-order valence-electron chi connectivity index (χ1n) is 41.7. The number of halogens is 1. The first-order chi connectivity index (χ1) is 61.7. The molecular weight excluding hydrogens is 1660 g/mol. The molecule has 24 nitrogen and oxygen atoms in total. The molecule has 640 valence electrons. The average Bonchev–Trinajstić information content (AvgIpc) is 1.62. The Morgan fingerprint density at radius 1 is 0.370 bits per heavy atom. The van der Waals surface area contributed by atoms with Crippen LogP contribution in [0.1, 0.15) is 83.7 Å². The minimum Gasteiger partial charge on any atom is -0.497 e. The van der Waals surface area contributed by atoms with Gasteiger partial charge in [0, 0.05) is 158 Å². The van der Waals surface area contributed by atoms with Crippen molar-refractivity contribution in [1.29, 1.82) is 0 Å². The van der Waals surface area contributed by atoms with Gasteiger partial charge in [0.05, 0.1) is 63.2 Å². The topological polar surface area (TPSA) is 276 Å². The Kier molecular flexibility index (Phi) is 25.0. The SMILES string of the molecule is COc1ccc2c(c1)C(=O)N(C[C@@]1(C#Cc3ccc(-c4ccc(-c5cccc(N6CCSCC6)n5)cc4)cc3)CC(=O)NC1=O)C2.COc1ccc2c(c1)C(=O)N(C[C@@]1(C#Cc3ccc(-c4cccc(N5CCSCC5)n4)cc3)CC(=O)NC1=O)C2.COc1ccc2c(c1F)C(=O)N(C[C@@]1(C#Cc3ccc(-c4cccc(N5CCSCC5)n4)cc3)CC(=O)NC1=O)C2. The molecule has 6 saturated heterocycles. The van der Waals surface area contributed by atoms with E-state index < -0.39 is 63.4 Å². The van der Waals surface area contributed by atoms with Crippen LogP contribution < -0.4 is 44.9 Å². The molecule has 0 radical (unpaired) electrons. The highest BCUT2D eigenvalue weighted by molar-refractivity contribution is 7.99. The molecule has 0 aliphatic carbocycles. The lowest BCUT2D eigenvalue weighted by atomic mass is 9.85. The van der Waals surface area contributed by atoms with Crippen molar-refractivity contribution in [1.82, 2.24) is 45.6 Å². The number of anilines is 3. The second-order valence-corrected chi connectivity index (χ2v) is 35.7. The van der Waals surface area contributed by atoms with Crippen molar-refractivity contribution in [2.75, 3.05) is 129 Å². The van der Waals surface area contributed by atoms with Gasteiger partial charge in [-0.15, -0.1) is 0 Å². The third-order valence-corrected chi connectivity index (χ3v) is 26.6. The predicted octanol–water partition coefficient (Wildman–Crippen LogP) is 11.9. The van der Waals surface area contributed by atoms with E-state index in [2.05, 4.69) is 103 Å². The highest BCUT2D eigenvalue weighted by Crippen LogP contribution is 2.40. The molecule has 28 heteroatoms. The van der Waals surface area contributed by atoms with Crippen LogP contribution >= 0.6 is 35.3 Å². The molecule has 6 fully saturated rings. The van der Waals surface area contributed by atoms with Gasteiger partial charge in [0.15, 0.2) is 11.6 Å². The minimum atomic E-state index is -1.45. The van der Waals surface area contributed by atoms with Gasteiger partial charge in [-0.3, -0.25) is 59.1 Å². The summed E-state index contributed by atoms with van der Waals surface area (Å²) in [6.07, 6.45) is -0.373. The molecule has 19 rings (SSSR count). The van der Waals surface area contributed by atoms with Crippen LogP contribution in [0.15, 0.2) is 200 Å². The van der Waals surface area contributed by atoms with Crippen LogP contribution in [-0.2, 0) is 48.4 Å². The number of carbonyl (C=O) groups excluding carboxylic acids is 9. The zero-order valence-corrected chi connectivity index (χ0v) is 72.4. The normalized spacial score (nSPS) is 19.7. The molecule has 7 aromatic carbocycles. The van der Waals surface area contributed by atoms with Crippen LogP contribution in [0.2, 0.25) is 0 Å². The van der Waals surface area contributed by atoms with Crippen molar-refractivity contribution >= 4 is 106 Å². The highest BCUT2D eigenvalue weighted by atomic mass is 32.2. The summed E-state index contributed by atoms with van der Waals surface area (Å²) in [5.74, 6) is 24.7. The van der Waals surface area contributed by atoms with E-state index in [1.807, 2.05) is 163 Å². The Labute approximate surface area is 746 Å². The number of methoxy groups -OCH3 is 3. The van der Waals surface area contributed by atoms with Gasteiger partial charge in [-0.25, -0.2) is 19.3 Å². The van der Waals surface area contributed by atoms with Crippen LogP contribution in [-0.4, -0.2) is 198 Å². The van der Waals surface area contributed by atoms with Crippen molar-refractivity contribution in [2.45, 2.75) is 38.9 Å². The first-order valence-corrected chi connectivity index (χ1v) is 45.2. The molecule has 3 N–H and O–H groups in total. The van der Waals surface area contributed by atoms with Gasteiger partial charge in [0.2, 0.25) is 35.4 Å². The lowest BCUT2D eigenvalue weighted by Gasteiger charge is -2.27. The number of amides is 9. The third-order valence-electron chi connectivity index (χ3n) is 23.8. The Hall–Kier alpha value is -13.7. The number of thioether (sulfide) groups is 3. The number of fused-ring (bicyclic) bond motifs is 3. The van der Waals surface area contributed by atoms with Crippen molar-refractivity contribution in [3.05, 3.63) is 256 Å². The number of ether oxygens (including phenoxy) is 3. The summed E-state index contributed by atoms with van der Waals surface area (Å²) in [5.41, 5.74) is 8.93. The number of rotatable bonds is 16. The molecule has 9 amide bonds. The predicted molar refractivity (Wildman–Crippen MR) is 487 cm³/mol. The summed E-state index contributed by atoms with van der Waals surface area (Å²) < 4.78 is 30.4. The molecule has 3 atom stereocenters. The maximum Gasteiger partial charge on any atom is 0.257 e. The number of nitrogens with zero attached hydrogens (tertiary/aromatic N) is 9. The Balaban J connectivity index is 0.000000135. The molecule has 0 saturated carbocycles. The zero-order valence-electron chi connectivity index (χ0n) is 69.9. The standard InChI is InChI=1S/C37H32N4O4S.C31H27FN4O4S.C31H28N4O4S/c1-45-30-14-13-29-23-41(35(43)31(29)21-30)24-37(22-34(42)39-36(37)44)16-15-25-5-7-26(8-6-25)27-9-11-28(12-10-27)32-3-2-4-33(38-32)40-17-19-46-20-18-40;1-40-24-10-9-22-18-36(29(38)27(22)28(24)32)19-31(17-26(37)34-30(31)39)12-11-20-5-7-21(8-6-20)23-3-2-4-25(33-23)35-13-15-41-16-14-35;1-39-24-10-9-23-19-35(29(37)25(23)17-24)20-31(18-28(36)33-30(31)38)12-11-21-5-7-22(8-6-21)26-3-2-4-27(32-26)34-13-15-40-16-14-34/h2-14,21H,17-20,22-24H2,1H3,(H,39,42,44);2-10H,13-19H2,1H3,(H,34,37,39);2-10,17H,13-16,18-20H2,1H3,(H,33,36,38)/t37-;2*31-/m111/s1. The second kappa shape index (κ2) is 37.2. The maximum absolute atomic E-state index is 14.8. The Morgan fingerprint density at radius 2 is 0.685 bits per heavy atom. The van der Waals surface area contributed by atoms with Crippen LogP contribution in [0, 0.1) is 57.6 Å². The van der Waals surface area contributed by atoms with Crippen molar-refractivity contribution < 1.29 is 61.8 Å². The number of hydrogen-bond donors (Lipinski definition) is 3. The largest absolute Gasteiger partial charge is 0.497 e. The van der Waals surface area contributed by atoms with Crippen molar-refractivity contribution in [2.24, 2.45) is 16.2 Å². The Bertz CT molecular complexity index is 6250. The summed E-state index contributed by atoms with van der Waals surface area (Å²) in [4.78, 5) is 141. The van der Waals surface area contributed by atoms with Gasteiger partial charge >= 0.3 is 0 Å². The van der Waals surface area contributed by atoms with Crippen LogP contribution in [0.5, 0.6) is 17.2 Å². The quantitative estimate of drug-likeness (QED) is 0.0599. The van der Waals surface area contributed by atoms with Gasteiger partial charge in [0.25, 0.3) is 17.7 Å². The monoisotopic (exact) mass is 1750 g/mol. The van der Waals surface area contributed by atoms with Gasteiger partial charge in [-0.2, -0.15) is 35.3 Å². The molecule has 9 aliphatic heterocycles. The Morgan fingerprint density at radius 3 is 1.02 bits per heavy atom.